The molecule has 0 saturated heterocycles. The normalized spacial score (nSPS) is 7.64. The van der Waals surface area contributed by atoms with Crippen LogP contribution in [-0.4, -0.2) is 20.4 Å². The van der Waals surface area contributed by atoms with E-state index in [1.165, 1.54) is 33.5 Å². The molecule has 0 N–H and O–H groups in total. The third kappa shape index (κ3) is 17.6. The van der Waals surface area contributed by atoms with Gasteiger partial charge in [0.15, 0.2) is 0 Å². The van der Waals surface area contributed by atoms with Crippen molar-refractivity contribution in [3.8, 4) is 0 Å². The molecule has 0 aliphatic rings. The molecular formula is C8H18O3. The van der Waals surface area contributed by atoms with E-state index in [9.17, 15) is 4.79 Å². The lowest BCUT2D eigenvalue weighted by molar-refractivity contribution is 0.0924. The molecule has 3 heteroatoms. The second-order valence-corrected chi connectivity index (χ2v) is 2.01. The quantitative estimate of drug-likeness (QED) is 0.585. The van der Waals surface area contributed by atoms with Crippen LogP contribution in [0.2, 0.25) is 0 Å². The van der Waals surface area contributed by atoms with Gasteiger partial charge in [0.1, 0.15) is 0 Å². The maximum absolute atomic E-state index is 9.74. The van der Waals surface area contributed by atoms with Crippen LogP contribution in [-0.2, 0) is 9.47 Å². The zero-order chi connectivity index (χ0) is 9.11. The van der Waals surface area contributed by atoms with Crippen LogP contribution in [0, 0.1) is 0 Å². The number of hydrogen-bond acceptors (Lipinski definition) is 3. The van der Waals surface area contributed by atoms with Gasteiger partial charge in [0.2, 0.25) is 0 Å². The number of carbonyl (C=O) groups excluding carboxylic acids is 1. The van der Waals surface area contributed by atoms with Crippen LogP contribution in [0.4, 0.5) is 4.79 Å². The molecule has 0 bridgehead atoms. The Kier molecular flexibility index (Phi) is 14.1. The van der Waals surface area contributed by atoms with Crippen molar-refractivity contribution in [1.82, 2.24) is 0 Å². The van der Waals surface area contributed by atoms with Gasteiger partial charge in [-0.05, 0) is 0 Å². The number of ether oxygens (including phenoxy) is 2. The Morgan fingerprint density at radius 3 is 1.45 bits per heavy atom. The molecule has 0 rings (SSSR count). The van der Waals surface area contributed by atoms with Crippen molar-refractivity contribution in [1.29, 1.82) is 0 Å². The van der Waals surface area contributed by atoms with Crippen LogP contribution < -0.4 is 0 Å². The first-order chi connectivity index (χ1) is 5.22. The van der Waals surface area contributed by atoms with E-state index in [-0.39, 0.29) is 0 Å². The van der Waals surface area contributed by atoms with Gasteiger partial charge in [0, 0.05) is 0 Å². The van der Waals surface area contributed by atoms with Crippen LogP contribution in [0.25, 0.3) is 0 Å². The molecular weight excluding hydrogens is 144 g/mol. The summed E-state index contributed by atoms with van der Waals surface area (Å²) in [7, 11) is 2.51. The Morgan fingerprint density at radius 1 is 1.09 bits per heavy atom. The molecule has 0 aromatic heterocycles. The van der Waals surface area contributed by atoms with Crippen LogP contribution in [0.3, 0.4) is 0 Å². The Morgan fingerprint density at radius 2 is 1.45 bits per heavy atom. The highest BCUT2D eigenvalue weighted by Gasteiger charge is 1.88. The average molecular weight is 162 g/mol. The van der Waals surface area contributed by atoms with Gasteiger partial charge in [-0.1, -0.05) is 33.1 Å². The third-order valence-electron chi connectivity index (χ3n) is 1.04. The molecule has 68 valence electrons. The summed E-state index contributed by atoms with van der Waals surface area (Å²) in [6.45, 7) is 4.42. The first-order valence-corrected chi connectivity index (χ1v) is 3.84. The number of methoxy groups -OCH3 is 2. The molecule has 11 heavy (non-hydrogen) atoms. The van der Waals surface area contributed by atoms with Gasteiger partial charge in [-0.3, -0.25) is 0 Å². The molecule has 3 nitrogen and oxygen atoms in total. The minimum atomic E-state index is -0.657. The van der Waals surface area contributed by atoms with E-state index in [4.69, 9.17) is 0 Å². The monoisotopic (exact) mass is 162 g/mol. The van der Waals surface area contributed by atoms with E-state index in [0.717, 1.165) is 0 Å². The van der Waals surface area contributed by atoms with Crippen molar-refractivity contribution in [3.63, 3.8) is 0 Å². The lowest BCUT2D eigenvalue weighted by atomic mass is 10.3. The number of unbranched alkanes of at least 4 members (excludes halogenated alkanes) is 2. The van der Waals surface area contributed by atoms with Gasteiger partial charge in [-0.2, -0.15) is 0 Å². The topological polar surface area (TPSA) is 35.5 Å². The third-order valence-corrected chi connectivity index (χ3v) is 1.04. The first kappa shape index (κ1) is 12.9. The van der Waals surface area contributed by atoms with Gasteiger partial charge in [-0.25, -0.2) is 4.79 Å². The van der Waals surface area contributed by atoms with Crippen molar-refractivity contribution in [2.24, 2.45) is 0 Å². The smallest absolute Gasteiger partial charge is 0.438 e. The zero-order valence-electron chi connectivity index (χ0n) is 7.85. The van der Waals surface area contributed by atoms with E-state index in [1.54, 1.807) is 0 Å². The second kappa shape index (κ2) is 12.0. The van der Waals surface area contributed by atoms with Crippen LogP contribution in [0.5, 0.6) is 0 Å². The summed E-state index contributed by atoms with van der Waals surface area (Å²) in [6.07, 6.45) is 3.42. The van der Waals surface area contributed by atoms with E-state index in [2.05, 4.69) is 23.3 Å². The minimum absolute atomic E-state index is 0.657. The summed E-state index contributed by atoms with van der Waals surface area (Å²) in [5.74, 6) is 0. The van der Waals surface area contributed by atoms with Crippen molar-refractivity contribution >= 4 is 6.16 Å². The Labute approximate surface area is 68.7 Å². The summed E-state index contributed by atoms with van der Waals surface area (Å²) < 4.78 is 8.08. The van der Waals surface area contributed by atoms with Gasteiger partial charge < -0.3 is 9.47 Å². The Bertz CT molecular complexity index is 73.4. The maximum Gasteiger partial charge on any atom is 0.507 e. The minimum Gasteiger partial charge on any atom is -0.438 e. The Hall–Kier alpha value is -0.730. The number of hydrogen-bond donors (Lipinski definition) is 0. The molecule has 0 spiro atoms. The summed E-state index contributed by atoms with van der Waals surface area (Å²) in [6, 6.07) is 0. The van der Waals surface area contributed by atoms with Crippen molar-refractivity contribution in [2.75, 3.05) is 14.2 Å². The van der Waals surface area contributed by atoms with Crippen LogP contribution in [0.1, 0.15) is 33.1 Å². The van der Waals surface area contributed by atoms with Gasteiger partial charge in [0.25, 0.3) is 0 Å². The highest BCUT2D eigenvalue weighted by molar-refractivity contribution is 5.59. The molecule has 0 aromatic rings. The molecule has 0 unspecified atom stereocenters. The first-order valence-electron chi connectivity index (χ1n) is 3.84. The molecule has 0 saturated carbocycles. The molecule has 0 aliphatic heterocycles. The van der Waals surface area contributed by atoms with Crippen LogP contribution in [0.15, 0.2) is 0 Å². The van der Waals surface area contributed by atoms with Gasteiger partial charge in [-0.15, -0.1) is 0 Å². The highest BCUT2D eigenvalue weighted by atomic mass is 16.7. The lowest BCUT2D eigenvalue weighted by Crippen LogP contribution is -1.97. The predicted octanol–water partition coefficient (Wildman–Crippen LogP) is 2.60. The summed E-state index contributed by atoms with van der Waals surface area (Å²) in [5, 5.41) is 0. The van der Waals surface area contributed by atoms with Crippen molar-refractivity contribution in [2.45, 2.75) is 33.1 Å². The second-order valence-electron chi connectivity index (χ2n) is 2.01. The van der Waals surface area contributed by atoms with Crippen LogP contribution >= 0.6 is 0 Å². The predicted molar refractivity (Wildman–Crippen MR) is 44.6 cm³/mol. The van der Waals surface area contributed by atoms with Crippen molar-refractivity contribution in [3.05, 3.63) is 0 Å². The zero-order valence-corrected chi connectivity index (χ0v) is 7.85. The summed E-state index contributed by atoms with van der Waals surface area (Å²) in [4.78, 5) is 9.74. The number of carbonyl (C=O) groups is 1. The van der Waals surface area contributed by atoms with E-state index in [0.29, 0.717) is 0 Å². The molecule has 0 aromatic carbocycles. The standard InChI is InChI=1S/C5H12.C3H6O3/c1-3-5-4-2;1-5-3(4)6-2/h3-5H2,1-2H3;1-2H3. The molecule has 0 atom stereocenters. The average Bonchev–Trinajstić information content (AvgIpc) is 2.06. The molecule has 0 fully saturated rings. The fraction of sp³-hybridized carbons (Fsp3) is 0.875. The summed E-state index contributed by atoms with van der Waals surface area (Å²) in [5.41, 5.74) is 0. The van der Waals surface area contributed by atoms with E-state index in [1.807, 2.05) is 0 Å². The molecule has 0 aliphatic carbocycles. The van der Waals surface area contributed by atoms with E-state index >= 15 is 0 Å². The molecule has 0 radical (unpaired) electrons. The Balaban J connectivity index is 0. The molecule has 0 heterocycles. The fourth-order valence-electron chi connectivity index (χ4n) is 0.437. The largest absolute Gasteiger partial charge is 0.507 e. The van der Waals surface area contributed by atoms with E-state index < -0.39 is 6.16 Å². The fourth-order valence-corrected chi connectivity index (χ4v) is 0.437. The van der Waals surface area contributed by atoms with Gasteiger partial charge >= 0.3 is 6.16 Å². The summed E-state index contributed by atoms with van der Waals surface area (Å²) >= 11 is 0. The number of rotatable bonds is 2. The molecule has 0 amide bonds. The SMILES string of the molecule is CCCCC.COC(=O)OC. The highest BCUT2D eigenvalue weighted by Crippen LogP contribution is 1.88. The van der Waals surface area contributed by atoms with Gasteiger partial charge in [0.05, 0.1) is 14.2 Å². The maximum atomic E-state index is 9.74. The lowest BCUT2D eigenvalue weighted by Gasteiger charge is -1.89. The van der Waals surface area contributed by atoms with Crippen molar-refractivity contribution < 1.29 is 14.3 Å².